The Morgan fingerprint density at radius 3 is 2.80 bits per heavy atom. The minimum absolute atomic E-state index is 0. The molecule has 1 rings (SSSR count). The summed E-state index contributed by atoms with van der Waals surface area (Å²) in [6.45, 7) is 3.64. The average molecular weight is 393 g/mol. The number of halogens is 2. The summed E-state index contributed by atoms with van der Waals surface area (Å²) in [6, 6.07) is 6.61. The number of unbranched alkanes of at least 4 members (excludes halogenated alkanes) is 3. The molecule has 20 heavy (non-hydrogen) atoms. The van der Waals surface area contributed by atoms with E-state index < -0.39 is 0 Å². The lowest BCUT2D eigenvalue weighted by atomic mass is 10.1. The first-order valence-corrected chi connectivity index (χ1v) is 7.00. The van der Waals surface area contributed by atoms with Crippen molar-refractivity contribution in [2.75, 3.05) is 13.1 Å². The van der Waals surface area contributed by atoms with E-state index in [1.165, 1.54) is 25.3 Å². The van der Waals surface area contributed by atoms with E-state index in [0.717, 1.165) is 24.9 Å². The Hall–Kier alpha value is -0.850. The van der Waals surface area contributed by atoms with Crippen molar-refractivity contribution in [3.8, 4) is 0 Å². The molecular formula is C15H25FIN3. The van der Waals surface area contributed by atoms with Crippen LogP contribution in [-0.4, -0.2) is 19.0 Å². The summed E-state index contributed by atoms with van der Waals surface area (Å²) in [7, 11) is 0. The van der Waals surface area contributed by atoms with Crippen LogP contribution in [-0.2, 0) is 6.42 Å². The van der Waals surface area contributed by atoms with Gasteiger partial charge >= 0.3 is 0 Å². The van der Waals surface area contributed by atoms with Crippen LogP contribution in [0.15, 0.2) is 29.3 Å². The molecule has 0 aromatic heterocycles. The van der Waals surface area contributed by atoms with Gasteiger partial charge in [-0.15, -0.1) is 24.0 Å². The second-order valence-electron chi connectivity index (χ2n) is 4.63. The Morgan fingerprint density at radius 1 is 1.30 bits per heavy atom. The molecule has 0 saturated carbocycles. The van der Waals surface area contributed by atoms with Crippen molar-refractivity contribution < 1.29 is 4.39 Å². The van der Waals surface area contributed by atoms with Gasteiger partial charge in [0.2, 0.25) is 0 Å². The van der Waals surface area contributed by atoms with Crippen molar-refractivity contribution >= 4 is 29.9 Å². The number of rotatable bonds is 8. The zero-order chi connectivity index (χ0) is 13.9. The Labute approximate surface area is 138 Å². The average Bonchev–Trinajstić information content (AvgIpc) is 2.38. The number of nitrogens with one attached hydrogen (secondary N) is 1. The first-order valence-electron chi connectivity index (χ1n) is 7.00. The van der Waals surface area contributed by atoms with Crippen molar-refractivity contribution in [1.82, 2.24) is 5.32 Å². The number of nitrogens with two attached hydrogens (primary N) is 1. The molecular weight excluding hydrogens is 368 g/mol. The van der Waals surface area contributed by atoms with Gasteiger partial charge in [0.1, 0.15) is 5.82 Å². The maximum Gasteiger partial charge on any atom is 0.188 e. The zero-order valence-electron chi connectivity index (χ0n) is 12.1. The van der Waals surface area contributed by atoms with Crippen LogP contribution < -0.4 is 11.1 Å². The fourth-order valence-corrected chi connectivity index (χ4v) is 1.82. The molecule has 1 aromatic rings. The highest BCUT2D eigenvalue weighted by Crippen LogP contribution is 2.03. The maximum atomic E-state index is 13.0. The Morgan fingerprint density at radius 2 is 2.10 bits per heavy atom. The second kappa shape index (κ2) is 11.9. The molecule has 5 heteroatoms. The second-order valence-corrected chi connectivity index (χ2v) is 4.63. The van der Waals surface area contributed by atoms with Gasteiger partial charge < -0.3 is 11.1 Å². The smallest absolute Gasteiger partial charge is 0.188 e. The lowest BCUT2D eigenvalue weighted by molar-refractivity contribution is 0.625. The quantitative estimate of drug-likeness (QED) is 0.308. The van der Waals surface area contributed by atoms with Crippen molar-refractivity contribution in [2.24, 2.45) is 10.7 Å². The fourth-order valence-electron chi connectivity index (χ4n) is 1.82. The predicted molar refractivity (Wildman–Crippen MR) is 94.2 cm³/mol. The van der Waals surface area contributed by atoms with Gasteiger partial charge in [-0.05, 0) is 30.5 Å². The summed E-state index contributed by atoms with van der Waals surface area (Å²) in [4.78, 5) is 4.25. The summed E-state index contributed by atoms with van der Waals surface area (Å²) < 4.78 is 13.0. The first kappa shape index (κ1) is 19.1. The predicted octanol–water partition coefficient (Wildman–Crippen LogP) is 3.47. The Kier molecular flexibility index (Phi) is 11.4. The third kappa shape index (κ3) is 9.12. The summed E-state index contributed by atoms with van der Waals surface area (Å²) >= 11 is 0. The van der Waals surface area contributed by atoms with Crippen LogP contribution in [0.2, 0.25) is 0 Å². The molecule has 0 heterocycles. The van der Waals surface area contributed by atoms with Crippen LogP contribution in [0.1, 0.15) is 38.2 Å². The first-order chi connectivity index (χ1) is 9.22. The minimum Gasteiger partial charge on any atom is -0.370 e. The molecule has 0 unspecified atom stereocenters. The van der Waals surface area contributed by atoms with Crippen LogP contribution in [0.4, 0.5) is 4.39 Å². The van der Waals surface area contributed by atoms with Gasteiger partial charge in [0.15, 0.2) is 5.96 Å². The highest BCUT2D eigenvalue weighted by atomic mass is 127. The highest BCUT2D eigenvalue weighted by molar-refractivity contribution is 14.0. The number of hydrogen-bond acceptors (Lipinski definition) is 1. The van der Waals surface area contributed by atoms with Crippen molar-refractivity contribution in [3.63, 3.8) is 0 Å². The molecule has 1 aromatic carbocycles. The number of benzene rings is 1. The lowest BCUT2D eigenvalue weighted by Gasteiger charge is -2.06. The molecule has 3 nitrogen and oxygen atoms in total. The van der Waals surface area contributed by atoms with Gasteiger partial charge in [-0.1, -0.05) is 38.3 Å². The van der Waals surface area contributed by atoms with E-state index in [0.29, 0.717) is 12.5 Å². The topological polar surface area (TPSA) is 50.4 Å². The minimum atomic E-state index is -0.199. The zero-order valence-corrected chi connectivity index (χ0v) is 14.4. The molecule has 0 bridgehead atoms. The molecule has 3 N–H and O–H groups in total. The van der Waals surface area contributed by atoms with Crippen LogP contribution in [0.25, 0.3) is 0 Å². The molecule has 0 spiro atoms. The standard InChI is InChI=1S/C15H24FN3.HI/c1-2-3-4-5-10-18-15(17)19-11-9-13-7-6-8-14(16)12-13;/h6-8,12H,2-5,9-11H2,1H3,(H3,17,18,19);1H. The number of aliphatic imine (C=N–C) groups is 1. The third-order valence-electron chi connectivity index (χ3n) is 2.90. The number of hydrogen-bond donors (Lipinski definition) is 2. The molecule has 0 atom stereocenters. The summed E-state index contributed by atoms with van der Waals surface area (Å²) in [5.74, 6) is 0.281. The van der Waals surface area contributed by atoms with Crippen LogP contribution in [0.5, 0.6) is 0 Å². The highest BCUT2D eigenvalue weighted by Gasteiger charge is 1.96. The van der Waals surface area contributed by atoms with E-state index in [-0.39, 0.29) is 29.8 Å². The number of guanidine groups is 1. The van der Waals surface area contributed by atoms with E-state index in [2.05, 4.69) is 17.2 Å². The molecule has 114 valence electrons. The van der Waals surface area contributed by atoms with Gasteiger partial charge in [0, 0.05) is 13.1 Å². The van der Waals surface area contributed by atoms with Gasteiger partial charge in [-0.2, -0.15) is 0 Å². The molecule has 0 amide bonds. The van der Waals surface area contributed by atoms with E-state index in [1.807, 2.05) is 6.07 Å². The largest absolute Gasteiger partial charge is 0.370 e. The van der Waals surface area contributed by atoms with Gasteiger partial charge in [-0.25, -0.2) is 4.39 Å². The van der Waals surface area contributed by atoms with Gasteiger partial charge in [-0.3, -0.25) is 4.99 Å². The van der Waals surface area contributed by atoms with E-state index >= 15 is 0 Å². The van der Waals surface area contributed by atoms with Crippen molar-refractivity contribution in [3.05, 3.63) is 35.6 Å². The normalized spacial score (nSPS) is 11.0. The Bertz CT molecular complexity index is 396. The van der Waals surface area contributed by atoms with Crippen molar-refractivity contribution in [1.29, 1.82) is 0 Å². The molecule has 0 aliphatic heterocycles. The monoisotopic (exact) mass is 393 g/mol. The summed E-state index contributed by atoms with van der Waals surface area (Å²) in [5, 5.41) is 3.05. The lowest BCUT2D eigenvalue weighted by Crippen LogP contribution is -2.33. The molecule has 0 aliphatic carbocycles. The van der Waals surface area contributed by atoms with Gasteiger partial charge in [0.25, 0.3) is 0 Å². The van der Waals surface area contributed by atoms with Gasteiger partial charge in [0.05, 0.1) is 0 Å². The molecule has 0 aliphatic rings. The Balaban J connectivity index is 0.00000361. The fraction of sp³-hybridized carbons (Fsp3) is 0.533. The van der Waals surface area contributed by atoms with Crippen LogP contribution in [0, 0.1) is 5.82 Å². The molecule has 0 saturated heterocycles. The summed E-state index contributed by atoms with van der Waals surface area (Å²) in [5.41, 5.74) is 6.71. The molecule has 0 radical (unpaired) electrons. The maximum absolute atomic E-state index is 13.0. The van der Waals surface area contributed by atoms with Crippen LogP contribution in [0.3, 0.4) is 0 Å². The third-order valence-corrected chi connectivity index (χ3v) is 2.90. The van der Waals surface area contributed by atoms with E-state index in [1.54, 1.807) is 12.1 Å². The van der Waals surface area contributed by atoms with Crippen molar-refractivity contribution in [2.45, 2.75) is 39.0 Å². The number of nitrogens with zero attached hydrogens (tertiary/aromatic N) is 1. The molecule has 0 fully saturated rings. The van der Waals surface area contributed by atoms with E-state index in [9.17, 15) is 4.39 Å². The van der Waals surface area contributed by atoms with E-state index in [4.69, 9.17) is 5.73 Å². The van der Waals surface area contributed by atoms with Crippen LogP contribution >= 0.6 is 24.0 Å². The SMILES string of the molecule is CCCCCCN=C(N)NCCc1cccc(F)c1.I. The summed E-state index contributed by atoms with van der Waals surface area (Å²) in [6.07, 6.45) is 5.51.